The Morgan fingerprint density at radius 3 is 1.21 bits per heavy atom. The van der Waals surface area contributed by atoms with Crippen molar-refractivity contribution >= 4 is 47.0 Å². The lowest BCUT2D eigenvalue weighted by molar-refractivity contribution is 1.29. The largest absolute Gasteiger partial charge is 0.130 e. The minimum atomic E-state index is 1.28. The second-order valence-corrected chi connectivity index (χ2v) is 9.08. The SMILES string of the molecule is CSc1ccc(Sc2cccc(Sc3ccc(SC)cc3)c2)cc1. The lowest BCUT2D eigenvalue weighted by atomic mass is 10.4. The molecule has 0 N–H and O–H groups in total. The first kappa shape index (κ1) is 17.9. The average molecular weight is 387 g/mol. The number of rotatable bonds is 6. The van der Waals surface area contributed by atoms with E-state index >= 15 is 0 Å². The Kier molecular flexibility index (Phi) is 6.67. The van der Waals surface area contributed by atoms with Gasteiger partial charge < -0.3 is 0 Å². The highest BCUT2D eigenvalue weighted by Gasteiger charge is 2.02. The van der Waals surface area contributed by atoms with Crippen LogP contribution in [-0.2, 0) is 0 Å². The summed E-state index contributed by atoms with van der Waals surface area (Å²) in [7, 11) is 0. The van der Waals surface area contributed by atoms with E-state index in [9.17, 15) is 0 Å². The van der Waals surface area contributed by atoms with E-state index in [0.29, 0.717) is 0 Å². The third kappa shape index (κ3) is 5.03. The fourth-order valence-corrected chi connectivity index (χ4v) is 4.81. The van der Waals surface area contributed by atoms with Crippen LogP contribution in [0.1, 0.15) is 0 Å². The van der Waals surface area contributed by atoms with Gasteiger partial charge in [0.25, 0.3) is 0 Å². The van der Waals surface area contributed by atoms with E-state index < -0.39 is 0 Å². The Hall–Kier alpha value is -0.940. The van der Waals surface area contributed by atoms with Gasteiger partial charge in [-0.05, 0) is 79.2 Å². The number of benzene rings is 3. The third-order valence-electron chi connectivity index (χ3n) is 3.40. The van der Waals surface area contributed by atoms with E-state index in [-0.39, 0.29) is 0 Å². The smallest absolute Gasteiger partial charge is 0.0133 e. The molecule has 4 heteroatoms. The molecule has 3 aromatic rings. The zero-order chi connectivity index (χ0) is 16.8. The van der Waals surface area contributed by atoms with Gasteiger partial charge in [-0.3, -0.25) is 0 Å². The zero-order valence-electron chi connectivity index (χ0n) is 13.6. The maximum absolute atomic E-state index is 2.26. The molecular formula is C20H18S4. The first-order valence-corrected chi connectivity index (χ1v) is 11.6. The first-order valence-electron chi connectivity index (χ1n) is 7.51. The molecule has 0 aliphatic carbocycles. The zero-order valence-corrected chi connectivity index (χ0v) is 16.8. The van der Waals surface area contributed by atoms with Crippen molar-refractivity contribution in [3.05, 3.63) is 72.8 Å². The number of hydrogen-bond acceptors (Lipinski definition) is 4. The molecule has 0 aromatic heterocycles. The maximum atomic E-state index is 2.26. The molecule has 0 fully saturated rings. The minimum absolute atomic E-state index is 1.28. The summed E-state index contributed by atoms with van der Waals surface area (Å²) in [6.07, 6.45) is 4.21. The summed E-state index contributed by atoms with van der Waals surface area (Å²) in [6, 6.07) is 26.2. The van der Waals surface area contributed by atoms with Crippen LogP contribution in [-0.4, -0.2) is 12.5 Å². The highest BCUT2D eigenvalue weighted by atomic mass is 32.2. The van der Waals surface area contributed by atoms with E-state index in [4.69, 9.17) is 0 Å². The van der Waals surface area contributed by atoms with Gasteiger partial charge in [0.2, 0.25) is 0 Å². The highest BCUT2D eigenvalue weighted by molar-refractivity contribution is 8.00. The molecule has 0 radical (unpaired) electrons. The molecule has 0 atom stereocenters. The fraction of sp³-hybridized carbons (Fsp3) is 0.100. The van der Waals surface area contributed by atoms with Crippen LogP contribution >= 0.6 is 47.0 Å². The van der Waals surface area contributed by atoms with Crippen molar-refractivity contribution in [3.8, 4) is 0 Å². The molecule has 3 rings (SSSR count). The standard InChI is InChI=1S/C20H18S4/c1-21-15-6-10-17(11-7-15)23-19-4-3-5-20(14-19)24-18-12-8-16(22-2)9-13-18/h3-14H,1-2H3. The lowest BCUT2D eigenvalue weighted by Gasteiger charge is -2.06. The molecule has 0 saturated heterocycles. The van der Waals surface area contributed by atoms with Crippen molar-refractivity contribution in [1.82, 2.24) is 0 Å². The highest BCUT2D eigenvalue weighted by Crippen LogP contribution is 2.34. The molecule has 0 saturated carbocycles. The molecule has 0 unspecified atom stereocenters. The molecule has 3 aromatic carbocycles. The normalized spacial score (nSPS) is 10.8. The van der Waals surface area contributed by atoms with Gasteiger partial charge in [-0.15, -0.1) is 23.5 Å². The summed E-state index contributed by atoms with van der Waals surface area (Å²) in [5.74, 6) is 0. The van der Waals surface area contributed by atoms with E-state index in [2.05, 4.69) is 85.3 Å². The van der Waals surface area contributed by atoms with Crippen LogP contribution in [0.3, 0.4) is 0 Å². The van der Waals surface area contributed by atoms with Crippen molar-refractivity contribution in [2.45, 2.75) is 29.4 Å². The van der Waals surface area contributed by atoms with E-state index in [1.165, 1.54) is 29.4 Å². The van der Waals surface area contributed by atoms with Gasteiger partial charge in [0.05, 0.1) is 0 Å². The van der Waals surface area contributed by atoms with Crippen LogP contribution in [0.4, 0.5) is 0 Å². The van der Waals surface area contributed by atoms with Gasteiger partial charge in [-0.25, -0.2) is 0 Å². The van der Waals surface area contributed by atoms with Gasteiger partial charge in [0.15, 0.2) is 0 Å². The maximum Gasteiger partial charge on any atom is 0.0133 e. The molecule has 0 nitrogen and oxygen atoms in total. The van der Waals surface area contributed by atoms with Crippen molar-refractivity contribution in [2.75, 3.05) is 12.5 Å². The van der Waals surface area contributed by atoms with Gasteiger partial charge in [0.1, 0.15) is 0 Å². The van der Waals surface area contributed by atoms with E-state index in [0.717, 1.165) is 0 Å². The second kappa shape index (κ2) is 8.95. The Balaban J connectivity index is 1.70. The van der Waals surface area contributed by atoms with Crippen LogP contribution < -0.4 is 0 Å². The fourth-order valence-electron chi connectivity index (χ4n) is 2.16. The molecule has 0 heterocycles. The molecule has 0 bridgehead atoms. The van der Waals surface area contributed by atoms with Crippen LogP contribution in [0.2, 0.25) is 0 Å². The molecule has 0 aliphatic heterocycles. The number of thioether (sulfide) groups is 2. The first-order chi connectivity index (χ1) is 11.8. The van der Waals surface area contributed by atoms with Gasteiger partial charge in [-0.1, -0.05) is 29.6 Å². The summed E-state index contributed by atoms with van der Waals surface area (Å²) < 4.78 is 0. The van der Waals surface area contributed by atoms with Crippen LogP contribution in [0.15, 0.2) is 102 Å². The second-order valence-electron chi connectivity index (χ2n) is 5.03. The van der Waals surface area contributed by atoms with Gasteiger partial charge in [0, 0.05) is 29.4 Å². The summed E-state index contributed by atoms with van der Waals surface area (Å²) in [6.45, 7) is 0. The lowest BCUT2D eigenvalue weighted by Crippen LogP contribution is -1.78. The van der Waals surface area contributed by atoms with Crippen molar-refractivity contribution in [1.29, 1.82) is 0 Å². The summed E-state index contributed by atoms with van der Waals surface area (Å²) in [5.41, 5.74) is 0. The molecular weight excluding hydrogens is 368 g/mol. The quantitative estimate of drug-likeness (QED) is 0.404. The Morgan fingerprint density at radius 2 is 0.833 bits per heavy atom. The monoisotopic (exact) mass is 386 g/mol. The van der Waals surface area contributed by atoms with E-state index in [1.807, 2.05) is 23.5 Å². The predicted molar refractivity (Wildman–Crippen MR) is 111 cm³/mol. The van der Waals surface area contributed by atoms with Crippen LogP contribution in [0.25, 0.3) is 0 Å². The molecule has 0 spiro atoms. The Bertz CT molecular complexity index is 715. The van der Waals surface area contributed by atoms with E-state index in [1.54, 1.807) is 23.5 Å². The third-order valence-corrected chi connectivity index (χ3v) is 6.88. The molecule has 0 aliphatic rings. The number of hydrogen-bond donors (Lipinski definition) is 0. The van der Waals surface area contributed by atoms with Crippen LogP contribution in [0, 0.1) is 0 Å². The molecule has 0 amide bonds. The Morgan fingerprint density at radius 1 is 0.458 bits per heavy atom. The van der Waals surface area contributed by atoms with Crippen molar-refractivity contribution in [3.63, 3.8) is 0 Å². The Labute approximate surface area is 161 Å². The molecule has 122 valence electrons. The van der Waals surface area contributed by atoms with Gasteiger partial charge in [-0.2, -0.15) is 0 Å². The predicted octanol–water partition coefficient (Wildman–Crippen LogP) is 7.43. The van der Waals surface area contributed by atoms with Gasteiger partial charge >= 0.3 is 0 Å². The minimum Gasteiger partial charge on any atom is -0.130 e. The summed E-state index contributed by atoms with van der Waals surface area (Å²) >= 11 is 7.18. The topological polar surface area (TPSA) is 0 Å². The molecule has 24 heavy (non-hydrogen) atoms. The van der Waals surface area contributed by atoms with Crippen LogP contribution in [0.5, 0.6) is 0 Å². The van der Waals surface area contributed by atoms with Crippen molar-refractivity contribution < 1.29 is 0 Å². The van der Waals surface area contributed by atoms with Crippen molar-refractivity contribution in [2.24, 2.45) is 0 Å². The summed E-state index contributed by atoms with van der Waals surface area (Å²) in [4.78, 5) is 7.71. The average Bonchev–Trinajstić information content (AvgIpc) is 2.63. The summed E-state index contributed by atoms with van der Waals surface area (Å²) in [5, 5.41) is 0.